The predicted molar refractivity (Wildman–Crippen MR) is 102 cm³/mol. The van der Waals surface area contributed by atoms with Crippen LogP contribution in [0.4, 0.5) is 0 Å². The molecule has 0 radical (unpaired) electrons. The van der Waals surface area contributed by atoms with E-state index in [1.54, 1.807) is 38.1 Å². The van der Waals surface area contributed by atoms with E-state index in [0.717, 1.165) is 0 Å². The second kappa shape index (κ2) is 10.5. The first kappa shape index (κ1) is 22.5. The number of carbonyl (C=O) groups excluding carboxylic acids is 3. The molecule has 7 nitrogen and oxygen atoms in total. The number of hydrogen-bond donors (Lipinski definition) is 2. The smallest absolute Gasteiger partial charge is 0.329 e. The van der Waals surface area contributed by atoms with Crippen molar-refractivity contribution in [3.05, 3.63) is 29.8 Å². The van der Waals surface area contributed by atoms with Gasteiger partial charge in [-0.3, -0.25) is 9.59 Å². The van der Waals surface area contributed by atoms with Crippen LogP contribution in [-0.2, 0) is 14.3 Å². The third kappa shape index (κ3) is 7.29. The van der Waals surface area contributed by atoms with Crippen molar-refractivity contribution in [2.75, 3.05) is 13.7 Å². The minimum Gasteiger partial charge on any atom is -0.497 e. The average molecular weight is 378 g/mol. The molecule has 0 aromatic heterocycles. The van der Waals surface area contributed by atoms with Gasteiger partial charge in [-0.1, -0.05) is 27.7 Å². The zero-order valence-corrected chi connectivity index (χ0v) is 16.9. The fraction of sp³-hybridized carbons (Fsp3) is 0.550. The summed E-state index contributed by atoms with van der Waals surface area (Å²) in [7, 11) is 1.54. The number of nitrogens with one attached hydrogen (secondary N) is 2. The Hall–Kier alpha value is -2.57. The van der Waals surface area contributed by atoms with Crippen LogP contribution >= 0.6 is 0 Å². The maximum absolute atomic E-state index is 12.4. The molecule has 1 aromatic carbocycles. The highest BCUT2D eigenvalue weighted by Crippen LogP contribution is 2.12. The van der Waals surface area contributed by atoms with E-state index >= 15 is 0 Å². The molecular formula is C20H30N2O5. The van der Waals surface area contributed by atoms with Crippen LogP contribution in [0, 0.1) is 11.8 Å². The number of benzene rings is 1. The molecular weight excluding hydrogens is 348 g/mol. The fourth-order valence-corrected chi connectivity index (χ4v) is 2.15. The van der Waals surface area contributed by atoms with Crippen LogP contribution < -0.4 is 15.4 Å². The minimum absolute atomic E-state index is 0.0214. The van der Waals surface area contributed by atoms with E-state index in [4.69, 9.17) is 9.47 Å². The van der Waals surface area contributed by atoms with Crippen molar-refractivity contribution < 1.29 is 23.9 Å². The number of methoxy groups -OCH3 is 1. The zero-order valence-electron chi connectivity index (χ0n) is 16.9. The van der Waals surface area contributed by atoms with Crippen molar-refractivity contribution in [2.45, 2.75) is 46.7 Å². The summed E-state index contributed by atoms with van der Waals surface area (Å²) >= 11 is 0. The molecule has 0 aliphatic rings. The molecule has 0 aliphatic heterocycles. The summed E-state index contributed by atoms with van der Waals surface area (Å²) in [4.78, 5) is 36.6. The Morgan fingerprint density at radius 3 is 2.00 bits per heavy atom. The Morgan fingerprint density at radius 2 is 1.52 bits per heavy atom. The molecule has 2 atom stereocenters. The lowest BCUT2D eigenvalue weighted by Crippen LogP contribution is -2.46. The van der Waals surface area contributed by atoms with Crippen LogP contribution in [0.25, 0.3) is 0 Å². The first-order chi connectivity index (χ1) is 12.6. The molecule has 0 unspecified atom stereocenters. The number of ether oxygens (including phenoxy) is 2. The van der Waals surface area contributed by atoms with Gasteiger partial charge in [0.25, 0.3) is 11.8 Å². The van der Waals surface area contributed by atoms with Crippen molar-refractivity contribution >= 4 is 17.8 Å². The second-order valence-electron chi connectivity index (χ2n) is 7.13. The van der Waals surface area contributed by atoms with Gasteiger partial charge in [0, 0.05) is 11.6 Å². The van der Waals surface area contributed by atoms with Crippen molar-refractivity contribution in [2.24, 2.45) is 11.8 Å². The van der Waals surface area contributed by atoms with Crippen LogP contribution in [0.3, 0.4) is 0 Å². The Bertz CT molecular complexity index is 640. The number of esters is 1. The quantitative estimate of drug-likeness (QED) is 0.642. The highest BCUT2D eigenvalue weighted by atomic mass is 16.5. The topological polar surface area (TPSA) is 93.7 Å². The van der Waals surface area contributed by atoms with E-state index in [2.05, 4.69) is 10.6 Å². The number of amides is 2. The molecule has 0 saturated carbocycles. The van der Waals surface area contributed by atoms with E-state index < -0.39 is 17.9 Å². The lowest BCUT2D eigenvalue weighted by Gasteiger charge is -2.21. The largest absolute Gasteiger partial charge is 0.497 e. The van der Waals surface area contributed by atoms with Crippen LogP contribution in [-0.4, -0.2) is 43.6 Å². The highest BCUT2D eigenvalue weighted by molar-refractivity contribution is 5.97. The summed E-state index contributed by atoms with van der Waals surface area (Å²) in [6.45, 7) is 9.07. The highest BCUT2D eigenvalue weighted by Gasteiger charge is 2.27. The third-order valence-electron chi connectivity index (χ3n) is 4.29. The summed E-state index contributed by atoms with van der Waals surface area (Å²) in [5.41, 5.74) is 0.401. The first-order valence-electron chi connectivity index (χ1n) is 9.06. The van der Waals surface area contributed by atoms with Crippen molar-refractivity contribution in [3.8, 4) is 5.75 Å². The van der Waals surface area contributed by atoms with Gasteiger partial charge in [-0.15, -0.1) is 0 Å². The van der Waals surface area contributed by atoms with Gasteiger partial charge < -0.3 is 20.1 Å². The molecule has 27 heavy (non-hydrogen) atoms. The van der Waals surface area contributed by atoms with Crippen molar-refractivity contribution in [1.29, 1.82) is 0 Å². The van der Waals surface area contributed by atoms with E-state index in [-0.39, 0.29) is 30.4 Å². The molecule has 0 heterocycles. The summed E-state index contributed by atoms with van der Waals surface area (Å²) < 4.78 is 10.2. The van der Waals surface area contributed by atoms with Gasteiger partial charge in [0.05, 0.1) is 7.11 Å². The van der Waals surface area contributed by atoms with Crippen molar-refractivity contribution in [1.82, 2.24) is 10.6 Å². The van der Waals surface area contributed by atoms with Crippen LogP contribution in [0.5, 0.6) is 5.75 Å². The molecule has 0 fully saturated rings. The summed E-state index contributed by atoms with van der Waals surface area (Å²) in [6.07, 6.45) is 0. The number of carbonyl (C=O) groups is 3. The van der Waals surface area contributed by atoms with Gasteiger partial charge in [0.1, 0.15) is 11.8 Å². The molecule has 1 aromatic rings. The number of hydrogen-bond acceptors (Lipinski definition) is 5. The molecule has 1 rings (SSSR count). The Kier molecular flexibility index (Phi) is 8.78. The lowest BCUT2D eigenvalue weighted by molar-refractivity contribution is -0.151. The SMILES string of the molecule is COc1ccc(C(=O)N[C@H](C(=O)OCC(=O)N[C@@H](C)C(C)C)C(C)C)cc1. The van der Waals surface area contributed by atoms with E-state index in [1.807, 2.05) is 20.8 Å². The monoisotopic (exact) mass is 378 g/mol. The van der Waals surface area contributed by atoms with Gasteiger partial charge in [-0.05, 0) is 43.0 Å². The molecule has 0 bridgehead atoms. The number of rotatable bonds is 9. The normalized spacial score (nSPS) is 13.0. The molecule has 150 valence electrons. The first-order valence-corrected chi connectivity index (χ1v) is 9.06. The predicted octanol–water partition coefficient (Wildman–Crippen LogP) is 2.15. The Balaban J connectivity index is 2.64. The van der Waals surface area contributed by atoms with Crippen LogP contribution in [0.2, 0.25) is 0 Å². The van der Waals surface area contributed by atoms with Gasteiger partial charge in [0.2, 0.25) is 0 Å². The zero-order chi connectivity index (χ0) is 20.6. The molecule has 2 N–H and O–H groups in total. The summed E-state index contributed by atoms with van der Waals surface area (Å²) in [5, 5.41) is 5.43. The standard InChI is InChI=1S/C20H30N2O5/c1-12(2)14(5)21-17(23)11-27-20(25)18(13(3)4)22-19(24)15-7-9-16(26-6)10-8-15/h7-10,12-14,18H,11H2,1-6H3,(H,21,23)(H,22,24)/t14-,18-/m0/s1. The van der Waals surface area contributed by atoms with E-state index in [0.29, 0.717) is 11.3 Å². The Labute approximate surface area is 160 Å². The van der Waals surface area contributed by atoms with Gasteiger partial charge in [-0.2, -0.15) is 0 Å². The lowest BCUT2D eigenvalue weighted by atomic mass is 10.0. The Morgan fingerprint density at radius 1 is 0.926 bits per heavy atom. The van der Waals surface area contributed by atoms with Gasteiger partial charge >= 0.3 is 5.97 Å². The maximum Gasteiger partial charge on any atom is 0.329 e. The molecule has 2 amide bonds. The van der Waals surface area contributed by atoms with Crippen LogP contribution in [0.15, 0.2) is 24.3 Å². The van der Waals surface area contributed by atoms with Crippen LogP contribution in [0.1, 0.15) is 45.0 Å². The third-order valence-corrected chi connectivity index (χ3v) is 4.29. The summed E-state index contributed by atoms with van der Waals surface area (Å²) in [6, 6.07) is 5.67. The van der Waals surface area contributed by atoms with Gasteiger partial charge in [0.15, 0.2) is 6.61 Å². The van der Waals surface area contributed by atoms with Gasteiger partial charge in [-0.25, -0.2) is 4.79 Å². The molecule has 0 spiro atoms. The van der Waals surface area contributed by atoms with E-state index in [1.165, 1.54) is 7.11 Å². The van der Waals surface area contributed by atoms with Crippen molar-refractivity contribution in [3.63, 3.8) is 0 Å². The second-order valence-corrected chi connectivity index (χ2v) is 7.13. The summed E-state index contributed by atoms with van der Waals surface area (Å²) in [5.74, 6) is -0.693. The minimum atomic E-state index is -0.852. The average Bonchev–Trinajstić information content (AvgIpc) is 2.63. The molecule has 7 heteroatoms. The maximum atomic E-state index is 12.4. The van der Waals surface area contributed by atoms with E-state index in [9.17, 15) is 14.4 Å². The molecule has 0 aliphatic carbocycles. The fourth-order valence-electron chi connectivity index (χ4n) is 2.15. The molecule has 0 saturated heterocycles.